The van der Waals surface area contributed by atoms with E-state index in [0.717, 1.165) is 18.1 Å². The van der Waals surface area contributed by atoms with Gasteiger partial charge >= 0.3 is 0 Å². The highest BCUT2D eigenvalue weighted by molar-refractivity contribution is 5.96. The van der Waals surface area contributed by atoms with Gasteiger partial charge in [0.1, 0.15) is 28.7 Å². The topological polar surface area (TPSA) is 115 Å². The van der Waals surface area contributed by atoms with E-state index in [-0.39, 0.29) is 18.0 Å². The first-order valence-corrected chi connectivity index (χ1v) is 11.4. The number of fused-ring (bicyclic) bond motifs is 1. The zero-order valence-electron chi connectivity index (χ0n) is 20.2. The molecule has 0 saturated carbocycles. The summed E-state index contributed by atoms with van der Waals surface area (Å²) in [6.45, 7) is 2.38. The molecule has 4 rings (SSSR count). The predicted molar refractivity (Wildman–Crippen MR) is 135 cm³/mol. The number of ether oxygens (including phenoxy) is 2. The van der Waals surface area contributed by atoms with Crippen molar-refractivity contribution in [1.29, 1.82) is 0 Å². The summed E-state index contributed by atoms with van der Waals surface area (Å²) in [7, 11) is 3.02. The van der Waals surface area contributed by atoms with E-state index in [1.807, 2.05) is 6.92 Å². The first kappa shape index (κ1) is 25.1. The first-order chi connectivity index (χ1) is 17.4. The van der Waals surface area contributed by atoms with E-state index in [1.54, 1.807) is 24.4 Å². The molecule has 4 N–H and O–H groups in total. The average Bonchev–Trinajstić information content (AvgIpc) is 2.86. The molecule has 4 aromatic rings. The Labute approximate surface area is 206 Å². The third-order valence-electron chi connectivity index (χ3n) is 5.87. The third kappa shape index (κ3) is 5.13. The molecule has 0 saturated heterocycles. The van der Waals surface area contributed by atoms with Crippen LogP contribution < -0.4 is 26.1 Å². The number of pyridine rings is 1. The second-order valence-corrected chi connectivity index (χ2v) is 8.27. The maximum absolute atomic E-state index is 13.6. The number of rotatable bonds is 9. The molecule has 0 aliphatic rings. The maximum atomic E-state index is 13.6. The van der Waals surface area contributed by atoms with Crippen LogP contribution >= 0.6 is 0 Å². The molecule has 2 aromatic heterocycles. The van der Waals surface area contributed by atoms with E-state index >= 15 is 0 Å². The van der Waals surface area contributed by atoms with E-state index in [1.165, 1.54) is 26.4 Å². The lowest BCUT2D eigenvalue weighted by Crippen LogP contribution is -2.28. The monoisotopic (exact) mass is 495 g/mol. The Morgan fingerprint density at radius 2 is 1.86 bits per heavy atom. The van der Waals surface area contributed by atoms with Crippen LogP contribution in [0, 0.1) is 11.6 Å². The lowest BCUT2D eigenvalue weighted by atomic mass is 10.1. The summed E-state index contributed by atoms with van der Waals surface area (Å²) in [6, 6.07) is 8.20. The van der Waals surface area contributed by atoms with Gasteiger partial charge in [-0.05, 0) is 36.2 Å². The molecule has 188 valence electrons. The summed E-state index contributed by atoms with van der Waals surface area (Å²) < 4.78 is 38.2. The summed E-state index contributed by atoms with van der Waals surface area (Å²) in [5.41, 5.74) is 8.03. The zero-order valence-corrected chi connectivity index (χ0v) is 20.2. The van der Waals surface area contributed by atoms with E-state index < -0.39 is 11.6 Å². The number of nitrogens with zero attached hydrogens (tertiary/aromatic N) is 2. The van der Waals surface area contributed by atoms with Gasteiger partial charge in [0.25, 0.3) is 5.56 Å². The average molecular weight is 496 g/mol. The van der Waals surface area contributed by atoms with Crippen molar-refractivity contribution in [3.63, 3.8) is 0 Å². The molecule has 0 aliphatic carbocycles. The summed E-state index contributed by atoms with van der Waals surface area (Å²) in [5.74, 6) is -0.118. The van der Waals surface area contributed by atoms with Gasteiger partial charge < -0.3 is 25.5 Å². The highest BCUT2D eigenvalue weighted by Crippen LogP contribution is 2.40. The summed E-state index contributed by atoms with van der Waals surface area (Å²) in [4.78, 5) is 24.9. The van der Waals surface area contributed by atoms with Gasteiger partial charge in [0, 0.05) is 36.8 Å². The van der Waals surface area contributed by atoms with Crippen molar-refractivity contribution in [3.05, 3.63) is 76.0 Å². The molecule has 0 aliphatic heterocycles. The van der Waals surface area contributed by atoms with Crippen molar-refractivity contribution < 1.29 is 18.3 Å². The highest BCUT2D eigenvalue weighted by atomic mass is 19.1. The van der Waals surface area contributed by atoms with Crippen molar-refractivity contribution in [2.75, 3.05) is 26.1 Å². The van der Waals surface area contributed by atoms with Gasteiger partial charge in [0.05, 0.1) is 25.3 Å². The Morgan fingerprint density at radius 1 is 1.11 bits per heavy atom. The molecule has 2 heterocycles. The Bertz CT molecular complexity index is 1420. The standard InChI is InChI=1S/C26H27F2N5O3/c1-4-18(12-29)31-24-23-19(11-21(35-2)25(24)36-3)26(34)33-22(32-23)7-14-5-6-20(30-13-14)15-8-16(27)10-17(28)9-15/h5-6,8-11,13,18,31H,4,7,12,29H2,1-3H3,(H,32,33,34). The van der Waals surface area contributed by atoms with Crippen LogP contribution in [0.5, 0.6) is 11.5 Å². The van der Waals surface area contributed by atoms with Gasteiger partial charge in [-0.2, -0.15) is 0 Å². The quantitative estimate of drug-likeness (QED) is 0.321. The van der Waals surface area contributed by atoms with Crippen LogP contribution in [0.3, 0.4) is 0 Å². The molecule has 0 spiro atoms. The number of H-pyrrole nitrogens is 1. The van der Waals surface area contributed by atoms with Crippen LogP contribution in [0.4, 0.5) is 14.5 Å². The molecule has 0 radical (unpaired) electrons. The van der Waals surface area contributed by atoms with Crippen LogP contribution in [0.2, 0.25) is 0 Å². The van der Waals surface area contributed by atoms with Gasteiger partial charge in [0.15, 0.2) is 11.5 Å². The largest absolute Gasteiger partial charge is 0.493 e. The minimum absolute atomic E-state index is 0.0665. The molecule has 10 heteroatoms. The van der Waals surface area contributed by atoms with Crippen molar-refractivity contribution in [3.8, 4) is 22.8 Å². The summed E-state index contributed by atoms with van der Waals surface area (Å²) in [6.07, 6.45) is 2.61. The van der Waals surface area contributed by atoms with Gasteiger partial charge in [-0.25, -0.2) is 13.8 Å². The summed E-state index contributed by atoms with van der Waals surface area (Å²) in [5, 5.41) is 3.69. The smallest absolute Gasteiger partial charge is 0.258 e. The number of benzene rings is 2. The number of anilines is 1. The van der Waals surface area contributed by atoms with Crippen LogP contribution in [-0.4, -0.2) is 41.8 Å². The van der Waals surface area contributed by atoms with Gasteiger partial charge in [-0.15, -0.1) is 0 Å². The molecule has 0 bridgehead atoms. The van der Waals surface area contributed by atoms with Crippen LogP contribution in [-0.2, 0) is 6.42 Å². The van der Waals surface area contributed by atoms with Crippen LogP contribution in [0.1, 0.15) is 24.7 Å². The molecular weight excluding hydrogens is 468 g/mol. The second kappa shape index (κ2) is 10.7. The minimum Gasteiger partial charge on any atom is -0.493 e. The van der Waals surface area contributed by atoms with Crippen LogP contribution in [0.25, 0.3) is 22.2 Å². The molecule has 8 nitrogen and oxygen atoms in total. The fraction of sp³-hybridized carbons (Fsp3) is 0.269. The Kier molecular flexibility index (Phi) is 7.44. The van der Waals surface area contributed by atoms with Crippen molar-refractivity contribution in [2.45, 2.75) is 25.8 Å². The number of aromatic amines is 1. The predicted octanol–water partition coefficient (Wildman–Crippen LogP) is 4.02. The minimum atomic E-state index is -0.676. The number of nitrogens with two attached hydrogens (primary N) is 1. The Balaban J connectivity index is 1.74. The van der Waals surface area contributed by atoms with Crippen molar-refractivity contribution >= 4 is 16.6 Å². The van der Waals surface area contributed by atoms with Gasteiger partial charge in [0.2, 0.25) is 0 Å². The number of aromatic nitrogens is 3. The molecule has 36 heavy (non-hydrogen) atoms. The molecule has 1 atom stereocenters. The van der Waals surface area contributed by atoms with E-state index in [9.17, 15) is 13.6 Å². The Hall–Kier alpha value is -4.05. The van der Waals surface area contributed by atoms with Crippen LogP contribution in [0.15, 0.2) is 47.4 Å². The normalized spacial score (nSPS) is 11.9. The number of hydrogen-bond donors (Lipinski definition) is 3. The molecule has 1 unspecified atom stereocenters. The van der Waals surface area contributed by atoms with E-state index in [0.29, 0.717) is 51.7 Å². The molecule has 2 aromatic carbocycles. The fourth-order valence-corrected chi connectivity index (χ4v) is 3.98. The second-order valence-electron chi connectivity index (χ2n) is 8.27. The van der Waals surface area contributed by atoms with Crippen molar-refractivity contribution in [1.82, 2.24) is 15.0 Å². The lowest BCUT2D eigenvalue weighted by Gasteiger charge is -2.21. The lowest BCUT2D eigenvalue weighted by molar-refractivity contribution is 0.356. The third-order valence-corrected chi connectivity index (χ3v) is 5.87. The van der Waals surface area contributed by atoms with E-state index in [4.69, 9.17) is 20.2 Å². The molecule has 0 fully saturated rings. The molecular formula is C26H27F2N5O3. The first-order valence-electron chi connectivity index (χ1n) is 11.4. The Morgan fingerprint density at radius 3 is 2.44 bits per heavy atom. The maximum Gasteiger partial charge on any atom is 0.258 e. The number of methoxy groups -OCH3 is 2. The van der Waals surface area contributed by atoms with E-state index in [2.05, 4.69) is 15.3 Å². The number of hydrogen-bond acceptors (Lipinski definition) is 7. The SMILES string of the molecule is CCC(CN)Nc1c(OC)c(OC)cc2c(=O)[nH]c(Cc3ccc(-c4cc(F)cc(F)c4)nc3)nc12. The number of nitrogens with one attached hydrogen (secondary N) is 2. The fourth-order valence-electron chi connectivity index (χ4n) is 3.98. The van der Waals surface area contributed by atoms with Gasteiger partial charge in [-0.3, -0.25) is 9.78 Å². The number of halogens is 2. The van der Waals surface area contributed by atoms with Crippen molar-refractivity contribution in [2.24, 2.45) is 5.73 Å². The van der Waals surface area contributed by atoms with Gasteiger partial charge in [-0.1, -0.05) is 13.0 Å². The summed E-state index contributed by atoms with van der Waals surface area (Å²) >= 11 is 0. The highest BCUT2D eigenvalue weighted by Gasteiger charge is 2.21. The zero-order chi connectivity index (χ0) is 25.8. The molecule has 0 amide bonds.